The Balaban J connectivity index is 1.75. The first-order chi connectivity index (χ1) is 11.2. The van der Waals surface area contributed by atoms with E-state index in [1.165, 1.54) is 0 Å². The van der Waals surface area contributed by atoms with Crippen molar-refractivity contribution in [2.75, 3.05) is 20.3 Å². The molecule has 0 spiro atoms. The van der Waals surface area contributed by atoms with E-state index in [1.807, 2.05) is 43.3 Å². The second-order valence-corrected chi connectivity index (χ2v) is 5.41. The van der Waals surface area contributed by atoms with Crippen LogP contribution in [-0.2, 0) is 29.1 Å². The van der Waals surface area contributed by atoms with Crippen LogP contribution in [0.1, 0.15) is 23.6 Å². The molecule has 1 aromatic carbocycles. The first-order valence-electron chi connectivity index (χ1n) is 7.66. The summed E-state index contributed by atoms with van der Waals surface area (Å²) in [7, 11) is 1.58. The van der Waals surface area contributed by atoms with E-state index in [0.717, 1.165) is 23.1 Å². The molecule has 0 fully saturated rings. The molecule has 0 N–H and O–H groups in total. The summed E-state index contributed by atoms with van der Waals surface area (Å²) in [4.78, 5) is 4.25. The normalized spacial score (nSPS) is 10.7. The maximum absolute atomic E-state index is 6.09. The van der Waals surface area contributed by atoms with Crippen LogP contribution in [0.3, 0.4) is 0 Å². The minimum absolute atomic E-state index is 0.426. The van der Waals surface area contributed by atoms with Crippen LogP contribution >= 0.6 is 11.6 Å². The number of aromatic nitrogens is 1. The highest BCUT2D eigenvalue weighted by molar-refractivity contribution is 6.30. The number of halogens is 1. The summed E-state index contributed by atoms with van der Waals surface area (Å²) in [6.45, 7) is 4.11. The number of ether oxygens (including phenoxy) is 3. The Labute approximate surface area is 142 Å². The fourth-order valence-corrected chi connectivity index (χ4v) is 2.42. The molecule has 124 valence electrons. The lowest BCUT2D eigenvalue weighted by molar-refractivity contribution is 0.0331. The standard InChI is InChI=1S/C18H22ClNO3/c1-3-15-11-16(18(21-2)20-17(15)19)13-23-10-9-22-12-14-7-5-4-6-8-14/h4-8,11H,3,9-10,12-13H2,1-2H3. The lowest BCUT2D eigenvalue weighted by atomic mass is 10.1. The van der Waals surface area contributed by atoms with Crippen LogP contribution in [0.2, 0.25) is 5.15 Å². The summed E-state index contributed by atoms with van der Waals surface area (Å²) in [5.41, 5.74) is 3.05. The van der Waals surface area contributed by atoms with Gasteiger partial charge in [0.2, 0.25) is 5.88 Å². The third-order valence-corrected chi connectivity index (χ3v) is 3.73. The molecular weight excluding hydrogens is 314 g/mol. The van der Waals surface area contributed by atoms with Gasteiger partial charge >= 0.3 is 0 Å². The molecule has 0 radical (unpaired) electrons. The van der Waals surface area contributed by atoms with Gasteiger partial charge < -0.3 is 14.2 Å². The minimum atomic E-state index is 0.426. The summed E-state index contributed by atoms with van der Waals surface area (Å²) in [6.07, 6.45) is 0.822. The van der Waals surface area contributed by atoms with Crippen LogP contribution in [0.15, 0.2) is 36.4 Å². The van der Waals surface area contributed by atoms with Crippen LogP contribution in [0.5, 0.6) is 5.88 Å². The monoisotopic (exact) mass is 335 g/mol. The predicted octanol–water partition coefficient (Wildman–Crippen LogP) is 4.04. The number of hydrogen-bond donors (Lipinski definition) is 0. The molecule has 0 saturated heterocycles. The van der Waals surface area contributed by atoms with Gasteiger partial charge in [0.1, 0.15) is 5.15 Å². The maximum atomic E-state index is 6.09. The number of hydrogen-bond acceptors (Lipinski definition) is 4. The second-order valence-electron chi connectivity index (χ2n) is 5.05. The lowest BCUT2D eigenvalue weighted by Gasteiger charge is -2.11. The fraction of sp³-hybridized carbons (Fsp3) is 0.389. The molecule has 23 heavy (non-hydrogen) atoms. The largest absolute Gasteiger partial charge is 0.481 e. The molecule has 2 aromatic rings. The van der Waals surface area contributed by atoms with Crippen molar-refractivity contribution >= 4 is 11.6 Å². The number of benzene rings is 1. The van der Waals surface area contributed by atoms with Gasteiger partial charge in [0.15, 0.2) is 0 Å². The van der Waals surface area contributed by atoms with Gasteiger partial charge in [-0.3, -0.25) is 0 Å². The van der Waals surface area contributed by atoms with Gasteiger partial charge in [-0.05, 0) is 23.6 Å². The predicted molar refractivity (Wildman–Crippen MR) is 90.9 cm³/mol. The number of aryl methyl sites for hydroxylation is 1. The highest BCUT2D eigenvalue weighted by Crippen LogP contribution is 2.24. The zero-order valence-electron chi connectivity index (χ0n) is 13.5. The van der Waals surface area contributed by atoms with E-state index >= 15 is 0 Å². The molecule has 0 saturated carbocycles. The summed E-state index contributed by atoms with van der Waals surface area (Å²) < 4.78 is 16.5. The van der Waals surface area contributed by atoms with Crippen molar-refractivity contribution in [2.24, 2.45) is 0 Å². The van der Waals surface area contributed by atoms with Gasteiger partial charge in [-0.15, -0.1) is 0 Å². The summed E-state index contributed by atoms with van der Waals surface area (Å²) in [6, 6.07) is 12.1. The molecule has 0 bridgehead atoms. The minimum Gasteiger partial charge on any atom is -0.481 e. The third kappa shape index (κ3) is 5.50. The fourth-order valence-electron chi connectivity index (χ4n) is 2.16. The number of methoxy groups -OCH3 is 1. The Bertz CT molecular complexity index is 605. The summed E-state index contributed by atoms with van der Waals surface area (Å²) >= 11 is 6.09. The van der Waals surface area contributed by atoms with Crippen molar-refractivity contribution < 1.29 is 14.2 Å². The molecule has 5 heteroatoms. The first kappa shape index (κ1) is 17.7. The molecule has 4 nitrogen and oxygen atoms in total. The van der Waals surface area contributed by atoms with Gasteiger partial charge in [-0.25, -0.2) is 4.98 Å². The molecular formula is C18H22ClNO3. The zero-order valence-corrected chi connectivity index (χ0v) is 14.3. The van der Waals surface area contributed by atoms with Crippen LogP contribution in [0.4, 0.5) is 0 Å². The number of nitrogens with zero attached hydrogens (tertiary/aromatic N) is 1. The maximum Gasteiger partial charge on any atom is 0.220 e. The van der Waals surface area contributed by atoms with Gasteiger partial charge in [-0.1, -0.05) is 48.9 Å². The average molecular weight is 336 g/mol. The van der Waals surface area contributed by atoms with Crippen LogP contribution < -0.4 is 4.74 Å². The Morgan fingerprint density at radius 2 is 1.70 bits per heavy atom. The molecule has 1 heterocycles. The molecule has 0 aliphatic carbocycles. The van der Waals surface area contributed by atoms with Crippen molar-refractivity contribution in [1.82, 2.24) is 4.98 Å². The van der Waals surface area contributed by atoms with Crippen LogP contribution in [0, 0.1) is 0 Å². The molecule has 1 aromatic heterocycles. The summed E-state index contributed by atoms with van der Waals surface area (Å²) in [5.74, 6) is 0.511. The topological polar surface area (TPSA) is 40.6 Å². The van der Waals surface area contributed by atoms with Gasteiger partial charge in [0.05, 0.1) is 33.5 Å². The second kappa shape index (κ2) is 9.50. The molecule has 0 aliphatic heterocycles. The van der Waals surface area contributed by atoms with Crippen molar-refractivity contribution in [1.29, 1.82) is 0 Å². The third-order valence-electron chi connectivity index (χ3n) is 3.40. The van der Waals surface area contributed by atoms with Gasteiger partial charge in [0.25, 0.3) is 0 Å². The number of pyridine rings is 1. The number of rotatable bonds is 9. The molecule has 0 amide bonds. The molecule has 2 rings (SSSR count). The SMILES string of the molecule is CCc1cc(COCCOCc2ccccc2)c(OC)nc1Cl. The zero-order chi connectivity index (χ0) is 16.5. The smallest absolute Gasteiger partial charge is 0.220 e. The molecule has 0 aliphatic rings. The average Bonchev–Trinajstić information content (AvgIpc) is 2.59. The highest BCUT2D eigenvalue weighted by Gasteiger charge is 2.10. The van der Waals surface area contributed by atoms with E-state index in [4.69, 9.17) is 25.8 Å². The van der Waals surface area contributed by atoms with Gasteiger partial charge in [-0.2, -0.15) is 0 Å². The van der Waals surface area contributed by atoms with E-state index in [9.17, 15) is 0 Å². The van der Waals surface area contributed by atoms with Crippen LogP contribution in [0.25, 0.3) is 0 Å². The first-order valence-corrected chi connectivity index (χ1v) is 8.04. The van der Waals surface area contributed by atoms with E-state index in [0.29, 0.717) is 37.5 Å². The van der Waals surface area contributed by atoms with Crippen molar-refractivity contribution in [3.8, 4) is 5.88 Å². The Hall–Kier alpha value is -1.62. The Kier molecular flexibility index (Phi) is 7.33. The highest BCUT2D eigenvalue weighted by atomic mass is 35.5. The van der Waals surface area contributed by atoms with Gasteiger partial charge in [0, 0.05) is 5.56 Å². The van der Waals surface area contributed by atoms with Crippen molar-refractivity contribution in [3.05, 3.63) is 58.2 Å². The Morgan fingerprint density at radius 3 is 2.35 bits per heavy atom. The Morgan fingerprint density at radius 1 is 1.00 bits per heavy atom. The van der Waals surface area contributed by atoms with Crippen LogP contribution in [-0.4, -0.2) is 25.3 Å². The summed E-state index contributed by atoms with van der Waals surface area (Å²) in [5, 5.41) is 0.485. The van der Waals surface area contributed by atoms with Crippen molar-refractivity contribution in [2.45, 2.75) is 26.6 Å². The molecule has 0 unspecified atom stereocenters. The molecule has 0 atom stereocenters. The van der Waals surface area contributed by atoms with E-state index in [-0.39, 0.29) is 0 Å². The van der Waals surface area contributed by atoms with E-state index in [1.54, 1.807) is 7.11 Å². The van der Waals surface area contributed by atoms with E-state index in [2.05, 4.69) is 4.98 Å². The quantitative estimate of drug-likeness (QED) is 0.512. The van der Waals surface area contributed by atoms with Crippen molar-refractivity contribution in [3.63, 3.8) is 0 Å². The lowest BCUT2D eigenvalue weighted by Crippen LogP contribution is -2.06. The van der Waals surface area contributed by atoms with E-state index < -0.39 is 0 Å².